The molecule has 29 heavy (non-hydrogen) atoms. The van der Waals surface area contributed by atoms with Crippen LogP contribution in [0.25, 0.3) is 0 Å². The number of sulfonamides is 1. The monoisotopic (exact) mass is 448 g/mol. The number of amides is 1. The van der Waals surface area contributed by atoms with E-state index in [0.717, 1.165) is 12.5 Å². The van der Waals surface area contributed by atoms with Gasteiger partial charge in [-0.25, -0.2) is 8.42 Å². The number of nitrogens with one attached hydrogen (secondary N) is 2. The Hall–Kier alpha value is -2.30. The molecule has 1 saturated heterocycles. The van der Waals surface area contributed by atoms with E-state index in [1.807, 2.05) is 0 Å². The van der Waals surface area contributed by atoms with Crippen LogP contribution in [-0.4, -0.2) is 27.0 Å². The number of alkyl halides is 3. The molecule has 2 N–H and O–H groups in total. The lowest BCUT2D eigenvalue weighted by Crippen LogP contribution is -2.26. The highest BCUT2D eigenvalue weighted by Crippen LogP contribution is 2.34. The van der Waals surface area contributed by atoms with Gasteiger partial charge in [0, 0.05) is 18.0 Å². The summed E-state index contributed by atoms with van der Waals surface area (Å²) in [6, 6.07) is 7.70. The minimum Gasteiger partial charge on any atom is -0.368 e. The first-order valence-electron chi connectivity index (χ1n) is 8.48. The summed E-state index contributed by atoms with van der Waals surface area (Å²) in [6.45, 7) is 0.525. The molecule has 0 radical (unpaired) electrons. The van der Waals surface area contributed by atoms with Crippen LogP contribution in [0.3, 0.4) is 0 Å². The van der Waals surface area contributed by atoms with Crippen molar-refractivity contribution in [2.45, 2.75) is 30.0 Å². The van der Waals surface area contributed by atoms with Crippen LogP contribution in [0.15, 0.2) is 47.4 Å². The number of carbonyl (C=O) groups is 1. The fourth-order valence-corrected chi connectivity index (χ4v) is 4.31. The second kappa shape index (κ2) is 8.21. The van der Waals surface area contributed by atoms with Crippen molar-refractivity contribution in [1.82, 2.24) is 0 Å². The van der Waals surface area contributed by atoms with E-state index in [1.54, 1.807) is 0 Å². The highest BCUT2D eigenvalue weighted by molar-refractivity contribution is 7.92. The van der Waals surface area contributed by atoms with Gasteiger partial charge in [-0.3, -0.25) is 9.52 Å². The van der Waals surface area contributed by atoms with Crippen molar-refractivity contribution >= 4 is 38.9 Å². The van der Waals surface area contributed by atoms with Gasteiger partial charge >= 0.3 is 6.18 Å². The summed E-state index contributed by atoms with van der Waals surface area (Å²) < 4.78 is 71.0. The van der Waals surface area contributed by atoms with Crippen LogP contribution >= 0.6 is 11.6 Å². The molecule has 0 spiro atoms. The van der Waals surface area contributed by atoms with Crippen molar-refractivity contribution in [1.29, 1.82) is 0 Å². The Bertz CT molecular complexity index is 1000. The third-order valence-electron chi connectivity index (χ3n) is 4.17. The van der Waals surface area contributed by atoms with Gasteiger partial charge in [0.25, 0.3) is 15.9 Å². The molecule has 0 aliphatic carbocycles. The second-order valence-corrected chi connectivity index (χ2v) is 8.37. The van der Waals surface area contributed by atoms with Gasteiger partial charge in [-0.05, 0) is 55.3 Å². The molecule has 1 amide bonds. The number of rotatable bonds is 5. The largest absolute Gasteiger partial charge is 0.416 e. The molecule has 3 rings (SSSR count). The first kappa shape index (κ1) is 21.4. The van der Waals surface area contributed by atoms with E-state index in [4.69, 9.17) is 16.3 Å². The molecule has 1 aliphatic rings. The molecule has 0 saturated carbocycles. The van der Waals surface area contributed by atoms with E-state index in [1.165, 1.54) is 24.3 Å². The molecule has 2 aromatic carbocycles. The number of anilines is 2. The number of halogens is 4. The van der Waals surface area contributed by atoms with E-state index in [-0.39, 0.29) is 16.6 Å². The quantitative estimate of drug-likeness (QED) is 0.715. The highest BCUT2D eigenvalue weighted by Gasteiger charge is 2.32. The molecule has 6 nitrogen and oxygen atoms in total. The minimum absolute atomic E-state index is 0.0913. The number of ether oxygens (including phenoxy) is 1. The summed E-state index contributed by atoms with van der Waals surface area (Å²) in [5.41, 5.74) is -0.617. The van der Waals surface area contributed by atoms with Crippen molar-refractivity contribution < 1.29 is 31.1 Å². The van der Waals surface area contributed by atoms with Gasteiger partial charge in [0.2, 0.25) is 0 Å². The maximum absolute atomic E-state index is 12.9. The lowest BCUT2D eigenvalue weighted by molar-refractivity contribution is -0.137. The van der Waals surface area contributed by atoms with Gasteiger partial charge in [0.05, 0.1) is 10.6 Å². The van der Waals surface area contributed by atoms with E-state index in [2.05, 4.69) is 10.0 Å². The molecular weight excluding hydrogens is 433 g/mol. The summed E-state index contributed by atoms with van der Waals surface area (Å²) in [6.07, 6.45) is -3.80. The zero-order chi connectivity index (χ0) is 21.2. The summed E-state index contributed by atoms with van der Waals surface area (Å²) in [7, 11) is -4.37. The normalized spacial score (nSPS) is 17.2. The number of hydrogen-bond acceptors (Lipinski definition) is 4. The van der Waals surface area contributed by atoms with Crippen LogP contribution < -0.4 is 10.0 Å². The van der Waals surface area contributed by atoms with Crippen LogP contribution in [-0.2, 0) is 25.7 Å². The van der Waals surface area contributed by atoms with E-state index in [0.29, 0.717) is 30.8 Å². The second-order valence-electron chi connectivity index (χ2n) is 6.32. The maximum atomic E-state index is 12.9. The van der Waals surface area contributed by atoms with Crippen molar-refractivity contribution in [2.75, 3.05) is 16.6 Å². The Kier molecular flexibility index (Phi) is 6.06. The maximum Gasteiger partial charge on any atom is 0.416 e. The van der Waals surface area contributed by atoms with E-state index >= 15 is 0 Å². The molecular formula is C18H16ClF3N2O4S. The summed E-state index contributed by atoms with van der Waals surface area (Å²) >= 11 is 5.80. The van der Waals surface area contributed by atoms with Crippen LogP contribution in [0, 0.1) is 0 Å². The van der Waals surface area contributed by atoms with E-state index in [9.17, 15) is 26.4 Å². The molecule has 0 unspecified atom stereocenters. The van der Waals surface area contributed by atoms with Crippen LogP contribution in [0.4, 0.5) is 24.5 Å². The van der Waals surface area contributed by atoms with Crippen molar-refractivity contribution in [3.05, 3.63) is 53.1 Å². The molecule has 156 valence electrons. The zero-order valence-corrected chi connectivity index (χ0v) is 16.4. The Morgan fingerprint density at radius 2 is 1.76 bits per heavy atom. The first-order valence-corrected chi connectivity index (χ1v) is 10.3. The molecule has 1 heterocycles. The van der Waals surface area contributed by atoms with Crippen LogP contribution in [0.1, 0.15) is 18.4 Å². The predicted octanol–water partition coefficient (Wildman–Crippen LogP) is 4.28. The lowest BCUT2D eigenvalue weighted by Gasteiger charge is -2.13. The standard InChI is InChI=1S/C18H16ClF3N2O4S/c19-14-8-3-11(18(20,21)22)10-16(14)29(26,27)24-13-6-4-12(5-7-13)23-17(25)15-2-1-9-28-15/h3-8,10,15,24H,1-2,9H2,(H,23,25)/t15-/m1/s1. The van der Waals surface area contributed by atoms with Crippen LogP contribution in [0.5, 0.6) is 0 Å². The lowest BCUT2D eigenvalue weighted by atomic mass is 10.2. The smallest absolute Gasteiger partial charge is 0.368 e. The average Bonchev–Trinajstić information content (AvgIpc) is 3.17. The third kappa shape index (κ3) is 5.20. The first-order chi connectivity index (χ1) is 13.6. The van der Waals surface area contributed by atoms with Gasteiger partial charge in [0.15, 0.2) is 0 Å². The fraction of sp³-hybridized carbons (Fsp3) is 0.278. The Labute approximate surface area is 170 Å². The van der Waals surface area contributed by atoms with Gasteiger partial charge in [-0.15, -0.1) is 0 Å². The van der Waals surface area contributed by atoms with Gasteiger partial charge in [-0.2, -0.15) is 13.2 Å². The predicted molar refractivity (Wildman–Crippen MR) is 101 cm³/mol. The topological polar surface area (TPSA) is 84.5 Å². The molecule has 0 bridgehead atoms. The molecule has 1 aliphatic heterocycles. The van der Waals surface area contributed by atoms with Crippen LogP contribution in [0.2, 0.25) is 5.02 Å². The van der Waals surface area contributed by atoms with E-state index < -0.39 is 32.8 Å². The molecule has 0 aromatic heterocycles. The molecule has 2 aromatic rings. The number of hydrogen-bond donors (Lipinski definition) is 2. The van der Waals surface area contributed by atoms with Gasteiger partial charge in [-0.1, -0.05) is 11.6 Å². The average molecular weight is 449 g/mol. The van der Waals surface area contributed by atoms with Crippen molar-refractivity contribution in [2.24, 2.45) is 0 Å². The Morgan fingerprint density at radius 1 is 1.10 bits per heavy atom. The fourth-order valence-electron chi connectivity index (χ4n) is 2.72. The highest BCUT2D eigenvalue weighted by atomic mass is 35.5. The minimum atomic E-state index is -4.71. The SMILES string of the molecule is O=C(Nc1ccc(NS(=O)(=O)c2cc(C(F)(F)F)ccc2Cl)cc1)[C@H]1CCCO1. The summed E-state index contributed by atoms with van der Waals surface area (Å²) in [5.74, 6) is -0.299. The van der Waals surface area contributed by atoms with Crippen molar-refractivity contribution in [3.8, 4) is 0 Å². The Balaban J connectivity index is 1.74. The summed E-state index contributed by atoms with van der Waals surface area (Å²) in [4.78, 5) is 11.3. The Morgan fingerprint density at radius 3 is 2.34 bits per heavy atom. The van der Waals surface area contributed by atoms with Gasteiger partial charge < -0.3 is 10.1 Å². The summed E-state index contributed by atoms with van der Waals surface area (Å²) in [5, 5.41) is 2.31. The van der Waals surface area contributed by atoms with Gasteiger partial charge in [0.1, 0.15) is 11.0 Å². The number of benzene rings is 2. The molecule has 1 fully saturated rings. The van der Waals surface area contributed by atoms with Crippen molar-refractivity contribution in [3.63, 3.8) is 0 Å². The number of carbonyl (C=O) groups excluding carboxylic acids is 1. The molecule has 1 atom stereocenters. The zero-order valence-electron chi connectivity index (χ0n) is 14.8. The molecule has 11 heteroatoms. The third-order valence-corrected chi connectivity index (χ3v) is 6.04.